The molecule has 0 amide bonds. The predicted octanol–water partition coefficient (Wildman–Crippen LogP) is 4.32. The molecule has 2 aromatic rings. The Labute approximate surface area is 147 Å². The van der Waals surface area contributed by atoms with E-state index in [0.717, 1.165) is 49.1 Å². The van der Waals surface area contributed by atoms with E-state index in [2.05, 4.69) is 21.9 Å². The molecule has 3 rings (SSSR count). The van der Waals surface area contributed by atoms with Gasteiger partial charge in [-0.15, -0.1) is 0 Å². The van der Waals surface area contributed by atoms with Gasteiger partial charge in [-0.05, 0) is 29.8 Å². The lowest BCUT2D eigenvalue weighted by Crippen LogP contribution is -2.46. The predicted molar refractivity (Wildman–Crippen MR) is 96.9 cm³/mol. The lowest BCUT2D eigenvalue weighted by Gasteiger charge is -2.36. The van der Waals surface area contributed by atoms with E-state index in [4.69, 9.17) is 27.9 Å². The first-order chi connectivity index (χ1) is 11.2. The van der Waals surface area contributed by atoms with Crippen LogP contribution >= 0.6 is 23.2 Å². The van der Waals surface area contributed by atoms with Crippen LogP contribution in [0.2, 0.25) is 10.0 Å². The first-order valence-corrected chi connectivity index (χ1v) is 8.46. The molecule has 0 atom stereocenters. The molecule has 0 aromatic heterocycles. The molecule has 1 aliphatic heterocycles. The average Bonchev–Trinajstić information content (AvgIpc) is 2.58. The average molecular weight is 351 g/mol. The summed E-state index contributed by atoms with van der Waals surface area (Å²) in [6.45, 7) is 4.88. The van der Waals surface area contributed by atoms with Crippen molar-refractivity contribution in [2.45, 2.75) is 6.54 Å². The number of halogens is 2. The first-order valence-electron chi connectivity index (χ1n) is 7.71. The highest BCUT2D eigenvalue weighted by Gasteiger charge is 2.18. The number of rotatable bonds is 4. The Morgan fingerprint density at radius 2 is 1.78 bits per heavy atom. The van der Waals surface area contributed by atoms with E-state index in [9.17, 15) is 0 Å². The van der Waals surface area contributed by atoms with Crippen LogP contribution in [0.25, 0.3) is 0 Å². The summed E-state index contributed by atoms with van der Waals surface area (Å²) in [7, 11) is 1.70. The van der Waals surface area contributed by atoms with Crippen molar-refractivity contribution in [2.24, 2.45) is 0 Å². The second-order valence-corrected chi connectivity index (χ2v) is 6.54. The summed E-state index contributed by atoms with van der Waals surface area (Å²) < 4.78 is 5.31. The van der Waals surface area contributed by atoms with E-state index in [1.807, 2.05) is 30.3 Å². The van der Waals surface area contributed by atoms with Gasteiger partial charge in [-0.1, -0.05) is 35.3 Å². The fraction of sp³-hybridized carbons (Fsp3) is 0.333. The molecule has 0 spiro atoms. The van der Waals surface area contributed by atoms with Gasteiger partial charge in [0, 0.05) is 54.5 Å². The zero-order chi connectivity index (χ0) is 16.2. The molecule has 0 bridgehead atoms. The maximum atomic E-state index is 6.27. The van der Waals surface area contributed by atoms with Crippen LogP contribution < -0.4 is 9.64 Å². The van der Waals surface area contributed by atoms with Gasteiger partial charge in [0.2, 0.25) is 0 Å². The minimum Gasteiger partial charge on any atom is -0.497 e. The van der Waals surface area contributed by atoms with Crippen LogP contribution in [0.5, 0.6) is 5.75 Å². The van der Waals surface area contributed by atoms with Crippen LogP contribution in [-0.4, -0.2) is 38.2 Å². The SMILES string of the molecule is COc1cccc(N2CCN(Cc3ccc(Cl)cc3Cl)CC2)c1. The highest BCUT2D eigenvalue weighted by molar-refractivity contribution is 6.35. The van der Waals surface area contributed by atoms with Gasteiger partial charge in [-0.2, -0.15) is 0 Å². The van der Waals surface area contributed by atoms with E-state index >= 15 is 0 Å². The number of hydrogen-bond donors (Lipinski definition) is 0. The number of benzene rings is 2. The van der Waals surface area contributed by atoms with Crippen LogP contribution in [0.4, 0.5) is 5.69 Å². The van der Waals surface area contributed by atoms with Crippen LogP contribution in [0, 0.1) is 0 Å². The van der Waals surface area contributed by atoms with E-state index in [1.54, 1.807) is 7.11 Å². The molecule has 0 unspecified atom stereocenters. The van der Waals surface area contributed by atoms with Crippen LogP contribution in [0.15, 0.2) is 42.5 Å². The second kappa shape index (κ2) is 7.43. The smallest absolute Gasteiger partial charge is 0.120 e. The van der Waals surface area contributed by atoms with Crippen LogP contribution in [0.1, 0.15) is 5.56 Å². The van der Waals surface area contributed by atoms with Crippen molar-refractivity contribution in [3.63, 3.8) is 0 Å². The van der Waals surface area contributed by atoms with Gasteiger partial charge in [0.15, 0.2) is 0 Å². The number of hydrogen-bond acceptors (Lipinski definition) is 3. The molecule has 1 fully saturated rings. The quantitative estimate of drug-likeness (QED) is 0.816. The number of methoxy groups -OCH3 is 1. The van der Waals surface area contributed by atoms with Crippen molar-refractivity contribution in [2.75, 3.05) is 38.2 Å². The Morgan fingerprint density at radius 1 is 1.00 bits per heavy atom. The molecule has 5 heteroatoms. The van der Waals surface area contributed by atoms with Crippen molar-refractivity contribution >= 4 is 28.9 Å². The Kier molecular flexibility index (Phi) is 5.31. The number of ether oxygens (including phenoxy) is 1. The monoisotopic (exact) mass is 350 g/mol. The normalized spacial score (nSPS) is 15.7. The molecule has 3 nitrogen and oxygen atoms in total. The lowest BCUT2D eigenvalue weighted by molar-refractivity contribution is 0.250. The Morgan fingerprint density at radius 3 is 2.48 bits per heavy atom. The van der Waals surface area contributed by atoms with Gasteiger partial charge in [-0.25, -0.2) is 0 Å². The lowest BCUT2D eigenvalue weighted by atomic mass is 10.2. The first kappa shape index (κ1) is 16.4. The molecule has 0 aliphatic carbocycles. The Balaban J connectivity index is 1.59. The highest BCUT2D eigenvalue weighted by Crippen LogP contribution is 2.25. The van der Waals surface area contributed by atoms with Crippen molar-refractivity contribution in [3.8, 4) is 5.75 Å². The summed E-state index contributed by atoms with van der Waals surface area (Å²) in [5.74, 6) is 0.901. The maximum absolute atomic E-state index is 6.27. The molecular weight excluding hydrogens is 331 g/mol. The molecule has 1 aliphatic rings. The molecule has 2 aromatic carbocycles. The summed E-state index contributed by atoms with van der Waals surface area (Å²) in [6.07, 6.45) is 0. The van der Waals surface area contributed by atoms with Gasteiger partial charge in [0.25, 0.3) is 0 Å². The van der Waals surface area contributed by atoms with E-state index < -0.39 is 0 Å². The van der Waals surface area contributed by atoms with Gasteiger partial charge < -0.3 is 9.64 Å². The summed E-state index contributed by atoms with van der Waals surface area (Å²) in [6, 6.07) is 14.0. The number of nitrogens with zero attached hydrogens (tertiary/aromatic N) is 2. The van der Waals surface area contributed by atoms with E-state index in [0.29, 0.717) is 5.02 Å². The summed E-state index contributed by atoms with van der Waals surface area (Å²) in [5.41, 5.74) is 2.35. The fourth-order valence-electron chi connectivity index (χ4n) is 2.86. The second-order valence-electron chi connectivity index (χ2n) is 5.70. The van der Waals surface area contributed by atoms with Gasteiger partial charge in [0.1, 0.15) is 5.75 Å². The molecule has 122 valence electrons. The van der Waals surface area contributed by atoms with E-state index in [1.165, 1.54) is 5.69 Å². The molecule has 0 saturated carbocycles. The highest BCUT2D eigenvalue weighted by atomic mass is 35.5. The largest absolute Gasteiger partial charge is 0.497 e. The molecule has 1 saturated heterocycles. The fourth-order valence-corrected chi connectivity index (χ4v) is 3.33. The standard InChI is InChI=1S/C18H20Cl2N2O/c1-23-17-4-2-3-16(12-17)22-9-7-21(8-10-22)13-14-5-6-15(19)11-18(14)20/h2-6,11-12H,7-10,13H2,1H3. The minimum atomic E-state index is 0.682. The van der Waals surface area contributed by atoms with Gasteiger partial charge in [0.05, 0.1) is 7.11 Å². The summed E-state index contributed by atoms with van der Waals surface area (Å²) in [5, 5.41) is 1.43. The van der Waals surface area contributed by atoms with Crippen LogP contribution in [0.3, 0.4) is 0 Å². The zero-order valence-electron chi connectivity index (χ0n) is 13.1. The zero-order valence-corrected chi connectivity index (χ0v) is 14.6. The molecule has 1 heterocycles. The topological polar surface area (TPSA) is 15.7 Å². The van der Waals surface area contributed by atoms with Gasteiger partial charge >= 0.3 is 0 Å². The molecule has 23 heavy (non-hydrogen) atoms. The van der Waals surface area contributed by atoms with Crippen molar-refractivity contribution in [3.05, 3.63) is 58.1 Å². The van der Waals surface area contributed by atoms with Crippen LogP contribution in [-0.2, 0) is 6.54 Å². The van der Waals surface area contributed by atoms with E-state index in [-0.39, 0.29) is 0 Å². The number of piperazine rings is 1. The molecule has 0 radical (unpaired) electrons. The summed E-state index contributed by atoms with van der Waals surface area (Å²) >= 11 is 12.2. The Hall–Kier alpha value is -1.42. The minimum absolute atomic E-state index is 0.682. The third kappa shape index (κ3) is 4.11. The van der Waals surface area contributed by atoms with Gasteiger partial charge in [-0.3, -0.25) is 4.90 Å². The summed E-state index contributed by atoms with van der Waals surface area (Å²) in [4.78, 5) is 4.81. The molecular formula is C18H20Cl2N2O. The van der Waals surface area contributed by atoms with Crippen molar-refractivity contribution in [1.29, 1.82) is 0 Å². The molecule has 0 N–H and O–H groups in total. The third-order valence-electron chi connectivity index (χ3n) is 4.20. The number of anilines is 1. The maximum Gasteiger partial charge on any atom is 0.120 e. The van der Waals surface area contributed by atoms with Crippen molar-refractivity contribution < 1.29 is 4.74 Å². The third-order valence-corrected chi connectivity index (χ3v) is 4.79. The van der Waals surface area contributed by atoms with Crippen molar-refractivity contribution in [1.82, 2.24) is 4.90 Å². The Bertz CT molecular complexity index is 670.